The Morgan fingerprint density at radius 1 is 0.385 bits per heavy atom. The number of aliphatic hydroxyl groups excluding tert-OH is 1. The van der Waals surface area contributed by atoms with Gasteiger partial charge in [-0.1, -0.05) is 289 Å². The third kappa shape index (κ3) is 194. The standard InChI is InChI=1S/C8H15FO.C8H16O2.3C8H16O.C8H12O.2C7H11F3O.C7H14O.C6H12O2.C5H11F.C5H12.C5H8.C4H7F3.C4H7N.C4H10.C4H6/c2*1-6(2)8(10)5-4-7(3)9;1-6(2)5-8(9)7(3)4;3*1-4-5-6-8(9)7(2)3;1-5(2)6(11)3-4-7(8,9)10;1-5(2)3-4-6(11)7(8,9)10;1-4-5-7(8)6(2)3;1-4-8-6(7)5(2)3;1-3-5(2)4-6;2*1-4-5(2)3;1-3(2)4(5,6)7;1-4(2)3-5;1-4(2)3;1-3-4-2/h6-7H,4-5H2,1-3H3;6-7,9H,4-5H2,1-3H3;6-7H,5H2,1-4H3;2*7H,4-6H2,1-3H3;1,7H,5-6H2,2-3H3;2*5H,3-4H2,1-2H3;6H,4-5H2,1-3H3;5H,4H2,1-3H3;5H,3-4H2,1-2H3;5H,4H2,1-3H3;1,5H,2-3H3;3H,1-2H3;4H,1-2H3;4H,1-3H3;1H,4H2,2H3. The zero-order valence-corrected chi connectivity index (χ0v) is 90.7. The molecule has 0 aliphatic rings. The minimum absolute atomic E-state index is 0.00921. The van der Waals surface area contributed by atoms with Crippen molar-refractivity contribution >= 4 is 58.0 Å². The molecule has 0 saturated carbocycles. The first-order valence-electron chi connectivity index (χ1n) is 47.6. The van der Waals surface area contributed by atoms with Crippen LogP contribution in [0.3, 0.4) is 0 Å². The second-order valence-corrected chi connectivity index (χ2v) is 36.9. The summed E-state index contributed by atoms with van der Waals surface area (Å²) >= 11 is 0. The number of carbonyl (C=O) groups excluding carboxylic acids is 10. The average molecular weight is 1890 g/mol. The third-order valence-corrected chi connectivity index (χ3v) is 15.8. The molecule has 0 aliphatic heterocycles. The van der Waals surface area contributed by atoms with Crippen molar-refractivity contribution in [3.05, 3.63) is 0 Å². The summed E-state index contributed by atoms with van der Waals surface area (Å²) in [6.45, 7) is 81.8. The minimum Gasteiger partial charge on any atom is -0.466 e. The maximum atomic E-state index is 12.2. The van der Waals surface area contributed by atoms with Crippen LogP contribution in [0.4, 0.5) is 48.3 Å². The zero-order valence-electron chi connectivity index (χ0n) is 90.7. The molecule has 0 amide bonds. The van der Waals surface area contributed by atoms with E-state index in [-0.39, 0.29) is 126 Å². The van der Waals surface area contributed by atoms with E-state index in [1.165, 1.54) is 13.3 Å². The summed E-state index contributed by atoms with van der Waals surface area (Å²) in [5, 5.41) is 16.7. The Balaban J connectivity index is -0.0000000701. The highest BCUT2D eigenvalue weighted by atomic mass is 19.4. The Labute approximate surface area is 792 Å². The van der Waals surface area contributed by atoms with Crippen LogP contribution in [-0.4, -0.2) is 107 Å². The van der Waals surface area contributed by atoms with Crippen molar-refractivity contribution in [3.8, 4) is 43.1 Å². The normalized spacial score (nSPS) is 10.9. The molecule has 0 aromatic carbocycles. The Kier molecular flexibility index (Phi) is 141. The van der Waals surface area contributed by atoms with Gasteiger partial charge < -0.3 is 9.84 Å². The van der Waals surface area contributed by atoms with Crippen LogP contribution >= 0.6 is 0 Å². The first kappa shape index (κ1) is 164. The van der Waals surface area contributed by atoms with Gasteiger partial charge >= 0.3 is 24.5 Å². The number of ketones is 9. The van der Waals surface area contributed by atoms with Gasteiger partial charge in [-0.15, -0.1) is 37.0 Å². The number of hydrogen-bond donors (Lipinski definition) is 1. The largest absolute Gasteiger partial charge is 0.466 e. The SMILES string of the molecule is C#CC(C)C.C#CCC.C#CCCC(=O)C(C)C.CC(C)C.CC(C)C#N.CC(C)C(=O)CCC(F)(F)F.CC(C)C(F)(F)F.CC(C)CC(=O)C(C)C.CC(C)CCC(=O)C(F)(F)F.CC(F)CCC(=O)C(C)C.CC(O)CCC(=O)C(C)C.CCC(C)C.CCC(C)CF.CCCC(=O)C(C)C.CCCCC(=O)C(C)C.CCCCC(=O)C(C)C.CCOC(=O)C(C)C. The van der Waals surface area contributed by atoms with E-state index < -0.39 is 42.8 Å². The molecule has 0 rings (SSSR count). The summed E-state index contributed by atoms with van der Waals surface area (Å²) in [4.78, 5) is 108. The number of nitrogens with zero attached hydrogens (tertiary/aromatic N) is 1. The molecule has 1 N–H and O–H groups in total. The monoisotopic (exact) mass is 1890 g/mol. The van der Waals surface area contributed by atoms with Gasteiger partial charge in [-0.25, -0.2) is 4.39 Å². The average Bonchev–Trinajstić information content (AvgIpc) is 0.923. The number of rotatable bonds is 36. The minimum atomic E-state index is -4.64. The maximum Gasteiger partial charge on any atom is 0.449 e. The molecular weight excluding hydrogens is 1690 g/mol. The summed E-state index contributed by atoms with van der Waals surface area (Å²) in [5.74, 6) is 10.5. The first-order valence-corrected chi connectivity index (χ1v) is 47.6. The fourth-order valence-electron chi connectivity index (χ4n) is 5.74. The lowest BCUT2D eigenvalue weighted by atomic mass is 9.99. The third-order valence-electron chi connectivity index (χ3n) is 15.8. The molecule has 0 aromatic heterocycles. The van der Waals surface area contributed by atoms with E-state index in [9.17, 15) is 96.2 Å². The molecule has 0 saturated heterocycles. The molecule has 13 nitrogen and oxygen atoms in total. The van der Waals surface area contributed by atoms with Gasteiger partial charge in [0, 0.05) is 136 Å². The van der Waals surface area contributed by atoms with Crippen molar-refractivity contribution in [3.63, 3.8) is 0 Å². The van der Waals surface area contributed by atoms with Crippen molar-refractivity contribution < 1.29 is 106 Å². The molecule has 0 radical (unpaired) electrons. The van der Waals surface area contributed by atoms with Crippen LogP contribution in [-0.2, 0) is 52.7 Å². The molecule has 0 bridgehead atoms. The first-order chi connectivity index (χ1) is 58.9. The number of Topliss-reactive ketones (excluding diaryl/α,β-unsaturated/α-hetero) is 9. The lowest BCUT2D eigenvalue weighted by molar-refractivity contribution is -0.171. The topological polar surface area (TPSA) is 224 Å². The van der Waals surface area contributed by atoms with E-state index >= 15 is 0 Å². The van der Waals surface area contributed by atoms with Crippen molar-refractivity contribution in [2.75, 3.05) is 13.3 Å². The van der Waals surface area contributed by atoms with Gasteiger partial charge in [-0.3, -0.25) is 52.3 Å². The van der Waals surface area contributed by atoms with Gasteiger partial charge in [0.25, 0.3) is 0 Å². The van der Waals surface area contributed by atoms with E-state index in [1.807, 2.05) is 172 Å². The number of halogens is 11. The Bertz CT molecular complexity index is 2650. The van der Waals surface area contributed by atoms with Gasteiger partial charge in [0.05, 0.1) is 44.0 Å². The summed E-state index contributed by atoms with van der Waals surface area (Å²) in [6, 6.07) is 2.03. The van der Waals surface area contributed by atoms with E-state index in [2.05, 4.69) is 91.7 Å². The Hall–Kier alpha value is -6.14. The fourth-order valence-corrected chi connectivity index (χ4v) is 5.74. The van der Waals surface area contributed by atoms with Crippen LogP contribution in [0.1, 0.15) is 439 Å². The van der Waals surface area contributed by atoms with Gasteiger partial charge in [0.1, 0.15) is 46.3 Å². The number of esters is 1. The Morgan fingerprint density at radius 2 is 0.677 bits per heavy atom. The van der Waals surface area contributed by atoms with Gasteiger partial charge in [-0.05, 0) is 103 Å². The number of hydrogen-bond acceptors (Lipinski definition) is 13. The summed E-state index contributed by atoms with van der Waals surface area (Å²) in [5.41, 5.74) is 0. The molecule has 0 spiro atoms. The van der Waals surface area contributed by atoms with E-state index in [4.69, 9.17) is 29.6 Å². The number of terminal acetylenes is 3. The number of alkyl halides is 11. The maximum absolute atomic E-state index is 12.2. The zero-order chi connectivity index (χ0) is 108. The highest BCUT2D eigenvalue weighted by Crippen LogP contribution is 2.25. The number of carbonyl (C=O) groups is 10. The number of unbranched alkanes of at least 4 members (excludes halogenated alkanes) is 2. The molecule has 0 aliphatic carbocycles. The highest BCUT2D eigenvalue weighted by Gasteiger charge is 2.37. The van der Waals surface area contributed by atoms with Crippen LogP contribution < -0.4 is 0 Å². The lowest BCUT2D eigenvalue weighted by Gasteiger charge is -2.07. The van der Waals surface area contributed by atoms with Crippen LogP contribution in [0, 0.1) is 149 Å². The molecule has 0 heterocycles. The van der Waals surface area contributed by atoms with E-state index in [0.29, 0.717) is 86.5 Å². The lowest BCUT2D eigenvalue weighted by Crippen LogP contribution is -2.22. The number of ether oxygens (including phenoxy) is 1. The van der Waals surface area contributed by atoms with E-state index in [0.717, 1.165) is 96.3 Å². The molecule has 3 atom stereocenters. The number of nitriles is 1. The quantitative estimate of drug-likeness (QED) is 0.0350. The molecule has 130 heavy (non-hydrogen) atoms. The van der Waals surface area contributed by atoms with Gasteiger partial charge in [-0.2, -0.15) is 44.8 Å². The summed E-state index contributed by atoms with van der Waals surface area (Å²) in [7, 11) is 0. The molecule has 24 heteroatoms. The second-order valence-electron chi connectivity index (χ2n) is 36.9. The van der Waals surface area contributed by atoms with Crippen molar-refractivity contribution in [1.29, 1.82) is 5.26 Å². The molecular formula is C106H200F11NO12. The highest BCUT2D eigenvalue weighted by molar-refractivity contribution is 5.84. The van der Waals surface area contributed by atoms with Crippen LogP contribution in [0.25, 0.3) is 0 Å². The number of aliphatic hydroxyl groups is 1. The molecule has 0 fully saturated rings. The second kappa shape index (κ2) is 112. The smallest absolute Gasteiger partial charge is 0.449 e. The molecule has 3 unspecified atom stereocenters. The van der Waals surface area contributed by atoms with Crippen LogP contribution in [0.2, 0.25) is 0 Å². The van der Waals surface area contributed by atoms with Crippen molar-refractivity contribution in [1.82, 2.24) is 0 Å². The van der Waals surface area contributed by atoms with Crippen LogP contribution in [0.15, 0.2) is 0 Å². The molecule has 778 valence electrons. The summed E-state index contributed by atoms with van der Waals surface area (Å²) < 4.78 is 131. The predicted molar refractivity (Wildman–Crippen MR) is 528 cm³/mol. The predicted octanol–water partition coefficient (Wildman–Crippen LogP) is 32.1. The molecule has 0 aromatic rings. The fraction of sp³-hybridized carbons (Fsp3) is 0.840. The van der Waals surface area contributed by atoms with Crippen LogP contribution in [0.5, 0.6) is 0 Å². The van der Waals surface area contributed by atoms with Gasteiger partial charge in [0.15, 0.2) is 0 Å². The van der Waals surface area contributed by atoms with Gasteiger partial charge in [0.2, 0.25) is 5.78 Å². The Morgan fingerprint density at radius 3 is 0.831 bits per heavy atom. The summed E-state index contributed by atoms with van der Waals surface area (Å²) in [6.07, 6.45) is 13.6. The van der Waals surface area contributed by atoms with E-state index in [1.54, 1.807) is 41.5 Å². The van der Waals surface area contributed by atoms with Crippen molar-refractivity contribution in [2.45, 2.75) is 470 Å². The van der Waals surface area contributed by atoms with Crippen molar-refractivity contribution in [2.24, 2.45) is 101 Å².